The molecule has 6 rings (SSSR count). The van der Waals surface area contributed by atoms with Crippen molar-refractivity contribution >= 4 is 33.3 Å². The molecular weight excluding hydrogens is 526 g/mol. The number of Topliss-reactive ketones (excluding diaryl/α,β-unsaturated/α-hetero) is 1. The number of hydrogen-bond acceptors (Lipinski definition) is 8. The lowest BCUT2D eigenvalue weighted by molar-refractivity contribution is -0.125. The Morgan fingerprint density at radius 2 is 1.92 bits per heavy atom. The average molecular weight is 576 g/mol. The molecule has 4 aliphatic carbocycles. The van der Waals surface area contributed by atoms with Gasteiger partial charge in [-0.3, -0.25) is 9.79 Å². The van der Waals surface area contributed by atoms with Gasteiger partial charge in [-0.1, -0.05) is 53.3 Å². The molecule has 5 bridgehead atoms. The molecule has 8 heteroatoms. The Labute approximate surface area is 242 Å². The molecule has 0 aromatic heterocycles. The number of fused-ring (bicyclic) bond motifs is 1. The summed E-state index contributed by atoms with van der Waals surface area (Å²) in [6.07, 6.45) is 15.7. The third kappa shape index (κ3) is 4.27. The van der Waals surface area contributed by atoms with Gasteiger partial charge in [0.1, 0.15) is 0 Å². The smallest absolute Gasteiger partial charge is 0.189 e. The second kappa shape index (κ2) is 10.9. The minimum absolute atomic E-state index is 0.0694. The van der Waals surface area contributed by atoms with E-state index in [1.165, 1.54) is 37.7 Å². The molecule has 6 unspecified atom stereocenters. The summed E-state index contributed by atoms with van der Waals surface area (Å²) < 4.78 is 0.144. The van der Waals surface area contributed by atoms with Crippen molar-refractivity contribution in [3.8, 4) is 0 Å². The van der Waals surface area contributed by atoms with Gasteiger partial charge in [0, 0.05) is 42.1 Å². The number of nitrogens with zero attached hydrogens (tertiary/aromatic N) is 1. The number of carbonyl (C=O) groups is 1. The third-order valence-electron chi connectivity index (χ3n) is 12.4. The van der Waals surface area contributed by atoms with E-state index < -0.39 is 0 Å². The number of carbonyl (C=O) groups excluding carboxylic acids is 1. The summed E-state index contributed by atoms with van der Waals surface area (Å²) in [6, 6.07) is 0. The number of aliphatic hydroxyl groups is 2. The second-order valence-electron chi connectivity index (χ2n) is 13.8. The van der Waals surface area contributed by atoms with Gasteiger partial charge >= 0.3 is 0 Å². The Morgan fingerprint density at radius 1 is 1.10 bits per heavy atom. The van der Waals surface area contributed by atoms with Crippen molar-refractivity contribution < 1.29 is 15.0 Å². The first-order valence-electron chi connectivity index (χ1n) is 15.7. The zero-order chi connectivity index (χ0) is 27.3. The molecule has 2 aliphatic heterocycles. The second-order valence-corrected chi connectivity index (χ2v) is 16.6. The van der Waals surface area contributed by atoms with E-state index in [4.69, 9.17) is 5.73 Å². The molecule has 2 heterocycles. The molecule has 3 spiro atoms. The molecule has 39 heavy (non-hydrogen) atoms. The Morgan fingerprint density at radius 3 is 2.67 bits per heavy atom. The molecule has 0 saturated heterocycles. The fourth-order valence-corrected chi connectivity index (χ4v) is 14.4. The average Bonchev–Trinajstić information content (AvgIpc) is 3.26. The zero-order valence-corrected chi connectivity index (χ0v) is 25.4. The van der Waals surface area contributed by atoms with Gasteiger partial charge in [0.25, 0.3) is 0 Å². The highest BCUT2D eigenvalue weighted by Gasteiger charge is 2.69. The summed E-state index contributed by atoms with van der Waals surface area (Å²) in [5, 5.41) is 24.1. The Hall–Kier alpha value is -0.700. The van der Waals surface area contributed by atoms with Gasteiger partial charge in [-0.25, -0.2) is 0 Å². The number of aliphatic imine (C=N–C) groups is 1. The molecule has 3 saturated carbocycles. The summed E-state index contributed by atoms with van der Waals surface area (Å²) >= 11 is 0. The van der Waals surface area contributed by atoms with Crippen molar-refractivity contribution in [2.45, 2.75) is 114 Å². The first-order chi connectivity index (χ1) is 18.8. The van der Waals surface area contributed by atoms with E-state index in [2.05, 4.69) is 38.8 Å². The zero-order valence-electron chi connectivity index (χ0n) is 23.8. The molecule has 3 fully saturated rings. The van der Waals surface area contributed by atoms with Crippen LogP contribution in [0.2, 0.25) is 0 Å². The molecule has 218 valence electrons. The van der Waals surface area contributed by atoms with Crippen molar-refractivity contribution in [2.75, 3.05) is 25.5 Å². The number of rotatable bonds is 4. The molecular formula is C31H49N3O3S2. The van der Waals surface area contributed by atoms with Crippen molar-refractivity contribution in [1.82, 2.24) is 5.32 Å². The highest BCUT2D eigenvalue weighted by atomic mass is 33.1. The minimum atomic E-state index is -0.134. The molecule has 0 amide bonds. The van der Waals surface area contributed by atoms with E-state index in [9.17, 15) is 15.0 Å². The number of ketones is 1. The Bertz CT molecular complexity index is 1030. The van der Waals surface area contributed by atoms with Crippen LogP contribution in [0, 0.1) is 28.6 Å². The lowest BCUT2D eigenvalue weighted by Crippen LogP contribution is -2.66. The van der Waals surface area contributed by atoms with E-state index in [0.29, 0.717) is 24.1 Å². The summed E-state index contributed by atoms with van der Waals surface area (Å²) in [7, 11) is 4.23. The number of allylic oxidation sites excluding steroid dienone is 2. The fourth-order valence-electron chi connectivity index (χ4n) is 10.6. The Kier molecular flexibility index (Phi) is 7.91. The first-order valence-corrected chi connectivity index (χ1v) is 18.0. The summed E-state index contributed by atoms with van der Waals surface area (Å²) in [5.74, 6) is 3.12. The predicted octanol–water partition coefficient (Wildman–Crippen LogP) is 5.37. The van der Waals surface area contributed by atoms with Crippen LogP contribution in [0.1, 0.15) is 103 Å². The monoisotopic (exact) mass is 575 g/mol. The number of nitrogens with one attached hydrogen (secondary N) is 1. The van der Waals surface area contributed by atoms with Crippen LogP contribution in [-0.4, -0.2) is 57.8 Å². The molecule has 6 nitrogen and oxygen atoms in total. The number of hydrogen-bond donors (Lipinski definition) is 4. The predicted molar refractivity (Wildman–Crippen MR) is 162 cm³/mol. The van der Waals surface area contributed by atoms with E-state index in [1.54, 1.807) is 0 Å². The van der Waals surface area contributed by atoms with Crippen LogP contribution in [0.3, 0.4) is 0 Å². The molecule has 0 aromatic carbocycles. The number of nitrogens with two attached hydrogens (primary N) is 1. The van der Waals surface area contributed by atoms with Gasteiger partial charge in [0.05, 0.1) is 5.54 Å². The number of aliphatic hydroxyl groups excluding tert-OH is 2. The molecule has 0 aromatic rings. The topological polar surface area (TPSA) is 108 Å². The molecule has 6 aliphatic rings. The van der Waals surface area contributed by atoms with Gasteiger partial charge in [-0.2, -0.15) is 0 Å². The normalized spacial score (nSPS) is 42.1. The van der Waals surface area contributed by atoms with Gasteiger partial charge in [-0.15, -0.1) is 0 Å². The van der Waals surface area contributed by atoms with Crippen LogP contribution < -0.4 is 11.1 Å². The standard InChI is InChI=1S/C31H49N3O3S2/c1-28-13-16-38-39-30(10-3-2-4-11-30)29(12-14-33-27(32)34-29)9-5-7-23-25-18-22(28)17-21(20-36)24(8-6-15-35)31(25,28)19-26(23)37/h21-22,24,35-36H,2-20H2,1H3,(H3,32,33,34). The van der Waals surface area contributed by atoms with Crippen LogP contribution in [0.15, 0.2) is 16.1 Å². The maximum absolute atomic E-state index is 13.9. The van der Waals surface area contributed by atoms with E-state index >= 15 is 0 Å². The number of guanidine groups is 1. The highest BCUT2D eigenvalue weighted by Crippen LogP contribution is 2.75. The van der Waals surface area contributed by atoms with Crippen LogP contribution in [0.25, 0.3) is 0 Å². The third-order valence-corrected chi connectivity index (χ3v) is 15.8. The van der Waals surface area contributed by atoms with Crippen molar-refractivity contribution in [3.05, 3.63) is 11.1 Å². The van der Waals surface area contributed by atoms with E-state index in [1.807, 2.05) is 0 Å². The van der Waals surface area contributed by atoms with E-state index in [-0.39, 0.29) is 46.2 Å². The Balaban J connectivity index is 1.40. The van der Waals surface area contributed by atoms with Crippen LogP contribution in [-0.2, 0) is 4.79 Å². The van der Waals surface area contributed by atoms with Crippen LogP contribution in [0.4, 0.5) is 0 Å². The minimum Gasteiger partial charge on any atom is -0.396 e. The largest absolute Gasteiger partial charge is 0.396 e. The fraction of sp³-hybridized carbons (Fsp3) is 0.871. The molecule has 5 N–H and O–H groups in total. The van der Waals surface area contributed by atoms with Crippen molar-refractivity contribution in [2.24, 2.45) is 39.3 Å². The quantitative estimate of drug-likeness (QED) is 0.334. The van der Waals surface area contributed by atoms with Crippen LogP contribution >= 0.6 is 21.6 Å². The van der Waals surface area contributed by atoms with Crippen LogP contribution in [0.5, 0.6) is 0 Å². The van der Waals surface area contributed by atoms with Crippen molar-refractivity contribution in [3.63, 3.8) is 0 Å². The van der Waals surface area contributed by atoms with Crippen molar-refractivity contribution in [1.29, 1.82) is 0 Å². The molecule has 0 radical (unpaired) electrons. The highest BCUT2D eigenvalue weighted by molar-refractivity contribution is 8.77. The maximum atomic E-state index is 13.9. The SMILES string of the molecule is CC12CCSSC3(CCCCC3)C3(CCCC4=C5CC1CC(CO)C(CCCO)C52CC4=O)CCN=C(N)N3. The summed E-state index contributed by atoms with van der Waals surface area (Å²) in [6.45, 7) is 3.67. The van der Waals surface area contributed by atoms with Gasteiger partial charge < -0.3 is 21.3 Å². The first kappa shape index (κ1) is 28.4. The maximum Gasteiger partial charge on any atom is 0.189 e. The van der Waals surface area contributed by atoms with Gasteiger partial charge in [0.15, 0.2) is 11.7 Å². The lowest BCUT2D eigenvalue weighted by Gasteiger charge is -2.57. The summed E-state index contributed by atoms with van der Waals surface area (Å²) in [5.41, 5.74) is 8.86. The molecule has 6 atom stereocenters. The van der Waals surface area contributed by atoms with E-state index in [0.717, 1.165) is 75.7 Å². The van der Waals surface area contributed by atoms with Gasteiger partial charge in [0.2, 0.25) is 0 Å². The van der Waals surface area contributed by atoms with Gasteiger partial charge in [-0.05, 0) is 99.4 Å². The lowest BCUT2D eigenvalue weighted by atomic mass is 9.47. The summed E-state index contributed by atoms with van der Waals surface area (Å²) in [4.78, 5) is 18.5.